The van der Waals surface area contributed by atoms with Gasteiger partial charge in [0.05, 0.1) is 5.01 Å². The predicted octanol–water partition coefficient (Wildman–Crippen LogP) is 4.64. The summed E-state index contributed by atoms with van der Waals surface area (Å²) in [6, 6.07) is 9.61. The highest BCUT2D eigenvalue weighted by atomic mass is 32.1. The normalized spacial score (nSPS) is 14.3. The number of rotatable bonds is 6. The molecule has 4 aromatic rings. The van der Waals surface area contributed by atoms with E-state index in [1.807, 2.05) is 47.5 Å². The Hall–Kier alpha value is -3.44. The first-order valence-corrected chi connectivity index (χ1v) is 13.2. The third-order valence-corrected chi connectivity index (χ3v) is 7.86. The Labute approximate surface area is 210 Å². The average molecular weight is 509 g/mol. The first-order valence-electron chi connectivity index (χ1n) is 11.4. The van der Waals surface area contributed by atoms with Crippen LogP contribution in [0.2, 0.25) is 0 Å². The van der Waals surface area contributed by atoms with Gasteiger partial charge in [-0.2, -0.15) is 0 Å². The molecule has 0 N–H and O–H groups in total. The fourth-order valence-electron chi connectivity index (χ4n) is 4.27. The highest BCUT2D eigenvalue weighted by Crippen LogP contribution is 2.33. The monoisotopic (exact) mass is 508 g/mol. The Kier molecular flexibility index (Phi) is 6.69. The molecule has 0 unspecified atom stereocenters. The molecule has 180 valence electrons. The summed E-state index contributed by atoms with van der Waals surface area (Å²) in [5.74, 6) is 0.497. The molecule has 1 aliphatic heterocycles. The summed E-state index contributed by atoms with van der Waals surface area (Å²) in [5, 5.41) is 15.3. The Bertz CT molecular complexity index is 1310. The molecular weight excluding hydrogens is 484 g/mol. The number of nitrogens with zero attached hydrogens (tertiary/aromatic N) is 6. The molecule has 3 aromatic heterocycles. The van der Waals surface area contributed by atoms with E-state index in [1.54, 1.807) is 17.3 Å². The maximum absolute atomic E-state index is 13.4. The van der Waals surface area contributed by atoms with E-state index in [2.05, 4.69) is 20.3 Å². The van der Waals surface area contributed by atoms with Crippen LogP contribution >= 0.6 is 22.7 Å². The van der Waals surface area contributed by atoms with E-state index < -0.39 is 0 Å². The molecule has 0 aliphatic carbocycles. The van der Waals surface area contributed by atoms with Gasteiger partial charge >= 0.3 is 0 Å². The van der Waals surface area contributed by atoms with E-state index in [-0.39, 0.29) is 17.7 Å². The number of likely N-dealkylation sites (tertiary alicyclic amines) is 1. The second-order valence-electron chi connectivity index (χ2n) is 8.24. The van der Waals surface area contributed by atoms with Crippen LogP contribution in [0.25, 0.3) is 11.3 Å². The molecule has 0 saturated carbocycles. The number of aromatic nitrogens is 4. The first kappa shape index (κ1) is 23.3. The van der Waals surface area contributed by atoms with Crippen LogP contribution in [0.4, 0.5) is 5.13 Å². The predicted molar refractivity (Wildman–Crippen MR) is 134 cm³/mol. The molecule has 0 radical (unpaired) electrons. The van der Waals surface area contributed by atoms with Crippen LogP contribution in [0.15, 0.2) is 45.7 Å². The summed E-state index contributed by atoms with van der Waals surface area (Å²) in [4.78, 5) is 34.5. The third-order valence-electron chi connectivity index (χ3n) is 6.14. The zero-order valence-corrected chi connectivity index (χ0v) is 21.0. The lowest BCUT2D eigenvalue weighted by molar-refractivity contribution is 0.0711. The van der Waals surface area contributed by atoms with Crippen molar-refractivity contribution in [2.45, 2.75) is 32.6 Å². The highest BCUT2D eigenvalue weighted by Gasteiger charge is 2.31. The van der Waals surface area contributed by atoms with Crippen LogP contribution in [0.3, 0.4) is 0 Å². The molecule has 1 aliphatic rings. The molecule has 1 fully saturated rings. The summed E-state index contributed by atoms with van der Waals surface area (Å²) >= 11 is 2.82. The summed E-state index contributed by atoms with van der Waals surface area (Å²) in [6.07, 6.45) is 1.57. The molecule has 0 atom stereocenters. The number of carbonyl (C=O) groups excluding carboxylic acids is 2. The van der Waals surface area contributed by atoms with E-state index in [1.165, 1.54) is 22.7 Å². The van der Waals surface area contributed by atoms with Gasteiger partial charge in [0.1, 0.15) is 28.2 Å². The molecule has 11 heteroatoms. The molecule has 9 nitrogen and oxygen atoms in total. The maximum Gasteiger partial charge on any atom is 0.279 e. The summed E-state index contributed by atoms with van der Waals surface area (Å²) in [7, 11) is 0. The number of anilines is 1. The van der Waals surface area contributed by atoms with Crippen LogP contribution in [0, 0.1) is 6.92 Å². The van der Waals surface area contributed by atoms with Crippen molar-refractivity contribution in [1.29, 1.82) is 0 Å². The Morgan fingerprint density at radius 2 is 1.94 bits per heavy atom. The minimum atomic E-state index is -0.171. The topological polar surface area (TPSA) is 105 Å². The number of aryl methyl sites for hydroxylation is 1. The van der Waals surface area contributed by atoms with E-state index in [0.717, 1.165) is 23.4 Å². The van der Waals surface area contributed by atoms with Crippen molar-refractivity contribution in [1.82, 2.24) is 25.2 Å². The molecule has 5 rings (SSSR count). The second kappa shape index (κ2) is 10.0. The van der Waals surface area contributed by atoms with Gasteiger partial charge in [-0.15, -0.1) is 21.5 Å². The Balaban J connectivity index is 1.26. The zero-order valence-electron chi connectivity index (χ0n) is 19.4. The highest BCUT2D eigenvalue weighted by molar-refractivity contribution is 7.13. The molecule has 2 amide bonds. The fraction of sp³-hybridized carbons (Fsp3) is 0.333. The zero-order chi connectivity index (χ0) is 24.4. The van der Waals surface area contributed by atoms with Crippen molar-refractivity contribution in [2.24, 2.45) is 0 Å². The lowest BCUT2D eigenvalue weighted by atomic mass is 9.96. The number of hydrogen-bond donors (Lipinski definition) is 0. The van der Waals surface area contributed by atoms with E-state index in [4.69, 9.17) is 4.52 Å². The molecule has 1 aromatic carbocycles. The van der Waals surface area contributed by atoms with Crippen LogP contribution < -0.4 is 4.90 Å². The van der Waals surface area contributed by atoms with Gasteiger partial charge in [-0.05, 0) is 26.7 Å². The standard InChI is InChI=1S/C24H24N6O3S2/c1-3-30(24-27-25-14-35-24)22(31)18-13-34-21(26-18)17-9-11-29(12-10-17)23(32)19-15(2)33-28-20(19)16-7-5-4-6-8-16/h4-8,13-14,17H,3,9-12H2,1-2H3. The largest absolute Gasteiger partial charge is 0.360 e. The molecule has 0 bridgehead atoms. The van der Waals surface area contributed by atoms with Gasteiger partial charge < -0.3 is 9.42 Å². The van der Waals surface area contributed by atoms with Crippen molar-refractivity contribution in [3.63, 3.8) is 0 Å². The van der Waals surface area contributed by atoms with Gasteiger partial charge in [0.2, 0.25) is 5.13 Å². The SMILES string of the molecule is CCN(C(=O)c1csc(C2CCN(C(=O)c3c(-c4ccccc4)noc3C)CC2)n1)c1nncs1. The minimum absolute atomic E-state index is 0.0632. The van der Waals surface area contributed by atoms with Crippen molar-refractivity contribution >= 4 is 39.6 Å². The van der Waals surface area contributed by atoms with Crippen LogP contribution in [-0.4, -0.2) is 56.7 Å². The smallest absolute Gasteiger partial charge is 0.279 e. The van der Waals surface area contributed by atoms with E-state index in [9.17, 15) is 9.59 Å². The van der Waals surface area contributed by atoms with Gasteiger partial charge in [0, 0.05) is 36.5 Å². The molecule has 35 heavy (non-hydrogen) atoms. The fourth-order valence-corrected chi connectivity index (χ4v) is 5.85. The average Bonchev–Trinajstić information content (AvgIpc) is 3.66. The number of thiazole rings is 1. The lowest BCUT2D eigenvalue weighted by Crippen LogP contribution is -2.38. The van der Waals surface area contributed by atoms with Crippen LogP contribution in [-0.2, 0) is 0 Å². The van der Waals surface area contributed by atoms with Crippen molar-refractivity contribution in [3.8, 4) is 11.3 Å². The molecule has 1 saturated heterocycles. The van der Waals surface area contributed by atoms with Gasteiger partial charge in [0.25, 0.3) is 11.8 Å². The van der Waals surface area contributed by atoms with E-state index in [0.29, 0.717) is 47.5 Å². The first-order chi connectivity index (χ1) is 17.1. The lowest BCUT2D eigenvalue weighted by Gasteiger charge is -2.31. The summed E-state index contributed by atoms with van der Waals surface area (Å²) < 4.78 is 5.38. The number of hydrogen-bond acceptors (Lipinski definition) is 9. The van der Waals surface area contributed by atoms with Gasteiger partial charge in [-0.1, -0.05) is 46.8 Å². The molecular formula is C24H24N6O3S2. The maximum atomic E-state index is 13.4. The second-order valence-corrected chi connectivity index (χ2v) is 9.94. The number of benzene rings is 1. The quantitative estimate of drug-likeness (QED) is 0.373. The minimum Gasteiger partial charge on any atom is -0.360 e. The summed E-state index contributed by atoms with van der Waals surface area (Å²) in [5.41, 5.74) is 3.99. The molecule has 0 spiro atoms. The van der Waals surface area contributed by atoms with Gasteiger partial charge in [-0.25, -0.2) is 4.98 Å². The Morgan fingerprint density at radius 1 is 1.17 bits per heavy atom. The number of amides is 2. The van der Waals surface area contributed by atoms with Crippen LogP contribution in [0.1, 0.15) is 57.3 Å². The number of carbonyl (C=O) groups is 2. The van der Waals surface area contributed by atoms with E-state index >= 15 is 0 Å². The van der Waals surface area contributed by atoms with Crippen molar-refractivity contribution in [2.75, 3.05) is 24.5 Å². The van der Waals surface area contributed by atoms with Crippen molar-refractivity contribution < 1.29 is 14.1 Å². The Morgan fingerprint density at radius 3 is 2.63 bits per heavy atom. The van der Waals surface area contributed by atoms with Gasteiger partial charge in [0.15, 0.2) is 0 Å². The number of piperidine rings is 1. The third kappa shape index (κ3) is 4.61. The molecule has 4 heterocycles. The van der Waals surface area contributed by atoms with Crippen LogP contribution in [0.5, 0.6) is 0 Å². The summed E-state index contributed by atoms with van der Waals surface area (Å²) in [6.45, 7) is 5.39. The van der Waals surface area contributed by atoms with Gasteiger partial charge in [-0.3, -0.25) is 14.5 Å². The van der Waals surface area contributed by atoms with Crippen molar-refractivity contribution in [3.05, 3.63) is 63.2 Å².